The van der Waals surface area contributed by atoms with E-state index in [2.05, 4.69) is 25.4 Å². The van der Waals surface area contributed by atoms with Gasteiger partial charge in [-0.25, -0.2) is 9.97 Å². The quantitative estimate of drug-likeness (QED) is 0.231. The summed E-state index contributed by atoms with van der Waals surface area (Å²) < 4.78 is 73.6. The van der Waals surface area contributed by atoms with E-state index >= 15 is 0 Å². The topological polar surface area (TPSA) is 160 Å². The molecule has 1 aliphatic carbocycles. The zero-order valence-corrected chi connectivity index (χ0v) is 29.9. The van der Waals surface area contributed by atoms with Crippen LogP contribution in [0.5, 0.6) is 5.75 Å². The standard InChI is InChI=1S/C35H33ClF5N9O5/c1-2-24-28(47-7-9-48(10-8-47)32(53)27-29(52)26(42-17-43-27)19-13-20(14-19)30(37)38)33(54)50-34(45-31(46-50)18-5-11-55-12-6-18)49(24)16-25(51)44-23-4-3-21(15-22(23)36)35(39,40)41/h3-5,15,17,19,52H,2,6-14,16H2,1H3,(H,44,51). The molecule has 290 valence electrons. The molecule has 0 bridgehead atoms. The SMILES string of the molecule is CCc1c(N2CCN(C(=O)c3ncnc(C4CC(=C(F)F)C4)c3O)CC2)c(=O)n2nc(C3=CCOCC3)nc2n1CC(=O)Nc1ccc(C(F)(F)F)cc1Cl. The molecule has 2 amide bonds. The Hall–Kier alpha value is -5.43. The summed E-state index contributed by atoms with van der Waals surface area (Å²) in [6, 6.07) is 2.57. The molecule has 14 nitrogen and oxygen atoms in total. The highest BCUT2D eigenvalue weighted by molar-refractivity contribution is 6.33. The first kappa shape index (κ1) is 37.9. The van der Waals surface area contributed by atoms with Gasteiger partial charge in [0.2, 0.25) is 11.7 Å². The number of allylic oxidation sites excluding steroid dienone is 1. The third-order valence-electron chi connectivity index (χ3n) is 9.86. The molecule has 4 aromatic rings. The number of hydrogen-bond acceptors (Lipinski definition) is 10. The van der Waals surface area contributed by atoms with E-state index in [9.17, 15) is 41.4 Å². The lowest BCUT2D eigenvalue weighted by atomic mass is 9.78. The van der Waals surface area contributed by atoms with Crippen molar-refractivity contribution in [1.29, 1.82) is 0 Å². The number of aromatic hydroxyl groups is 1. The van der Waals surface area contributed by atoms with Crippen molar-refractivity contribution in [2.45, 2.75) is 51.2 Å². The molecule has 1 saturated heterocycles. The van der Waals surface area contributed by atoms with Crippen LogP contribution in [0.25, 0.3) is 11.4 Å². The minimum atomic E-state index is -4.63. The number of anilines is 2. The molecule has 5 heterocycles. The van der Waals surface area contributed by atoms with Crippen LogP contribution >= 0.6 is 11.6 Å². The summed E-state index contributed by atoms with van der Waals surface area (Å²) in [5.41, 5.74) is -0.332. The van der Waals surface area contributed by atoms with Gasteiger partial charge in [-0.2, -0.15) is 31.5 Å². The van der Waals surface area contributed by atoms with Crippen LogP contribution in [0.15, 0.2) is 47.1 Å². The van der Waals surface area contributed by atoms with Gasteiger partial charge in [-0.1, -0.05) is 24.6 Å². The van der Waals surface area contributed by atoms with Crippen molar-refractivity contribution in [1.82, 2.24) is 34.0 Å². The smallest absolute Gasteiger partial charge is 0.416 e. The summed E-state index contributed by atoms with van der Waals surface area (Å²) in [7, 11) is 0. The van der Waals surface area contributed by atoms with Crippen molar-refractivity contribution in [2.75, 3.05) is 49.6 Å². The van der Waals surface area contributed by atoms with Gasteiger partial charge < -0.3 is 29.5 Å². The molecule has 55 heavy (non-hydrogen) atoms. The molecule has 0 spiro atoms. The number of nitrogens with one attached hydrogen (secondary N) is 1. The Labute approximate surface area is 313 Å². The molecule has 7 rings (SSSR count). The Kier molecular flexibility index (Phi) is 10.3. The molecular weight excluding hydrogens is 757 g/mol. The summed E-state index contributed by atoms with van der Waals surface area (Å²) >= 11 is 6.11. The number of carbonyl (C=O) groups excluding carboxylic acids is 2. The van der Waals surface area contributed by atoms with E-state index in [-0.39, 0.29) is 90.4 Å². The molecule has 1 aromatic carbocycles. The van der Waals surface area contributed by atoms with Gasteiger partial charge in [-0.3, -0.25) is 14.4 Å². The van der Waals surface area contributed by atoms with Crippen molar-refractivity contribution >= 4 is 46.1 Å². The lowest BCUT2D eigenvalue weighted by Crippen LogP contribution is -2.51. The second kappa shape index (κ2) is 15.0. The highest BCUT2D eigenvalue weighted by atomic mass is 35.5. The molecule has 3 aromatic heterocycles. The van der Waals surface area contributed by atoms with E-state index in [4.69, 9.17) is 16.3 Å². The van der Waals surface area contributed by atoms with Crippen LogP contribution in [0.2, 0.25) is 5.02 Å². The Morgan fingerprint density at radius 1 is 1.11 bits per heavy atom. The van der Waals surface area contributed by atoms with Gasteiger partial charge in [-0.15, -0.1) is 5.10 Å². The Morgan fingerprint density at radius 3 is 2.49 bits per heavy atom. The number of alkyl halides is 3. The van der Waals surface area contributed by atoms with Crippen molar-refractivity contribution in [3.8, 4) is 5.75 Å². The van der Waals surface area contributed by atoms with Gasteiger partial charge in [0.15, 0.2) is 17.3 Å². The summed E-state index contributed by atoms with van der Waals surface area (Å²) in [5.74, 6) is -1.86. The number of aromatic nitrogens is 6. The minimum Gasteiger partial charge on any atom is -0.504 e. The van der Waals surface area contributed by atoms with Crippen LogP contribution < -0.4 is 15.8 Å². The van der Waals surface area contributed by atoms with Crippen molar-refractivity contribution in [3.63, 3.8) is 0 Å². The predicted octanol–water partition coefficient (Wildman–Crippen LogP) is 5.05. The van der Waals surface area contributed by atoms with Crippen LogP contribution in [0, 0.1) is 0 Å². The van der Waals surface area contributed by atoms with Gasteiger partial charge in [-0.05, 0) is 55.0 Å². The van der Waals surface area contributed by atoms with Gasteiger partial charge >= 0.3 is 6.18 Å². The number of halogens is 6. The maximum absolute atomic E-state index is 14.2. The van der Waals surface area contributed by atoms with E-state index in [1.807, 2.05) is 0 Å². The molecular formula is C35H33ClF5N9O5. The molecule has 2 aliphatic heterocycles. The molecule has 0 unspecified atom stereocenters. The van der Waals surface area contributed by atoms with E-state index < -0.39 is 53.4 Å². The second-order valence-electron chi connectivity index (χ2n) is 13.2. The third-order valence-corrected chi connectivity index (χ3v) is 10.2. The van der Waals surface area contributed by atoms with Gasteiger partial charge in [0.25, 0.3) is 17.5 Å². The van der Waals surface area contributed by atoms with Crippen molar-refractivity contribution in [3.05, 3.63) is 86.1 Å². The zero-order valence-electron chi connectivity index (χ0n) is 29.2. The molecule has 2 fully saturated rings. The highest BCUT2D eigenvalue weighted by Crippen LogP contribution is 2.45. The van der Waals surface area contributed by atoms with Crippen LogP contribution in [0.3, 0.4) is 0 Å². The van der Waals surface area contributed by atoms with Crippen molar-refractivity contribution in [2.24, 2.45) is 0 Å². The predicted molar refractivity (Wildman–Crippen MR) is 188 cm³/mol. The highest BCUT2D eigenvalue weighted by Gasteiger charge is 2.36. The largest absolute Gasteiger partial charge is 0.504 e. The van der Waals surface area contributed by atoms with Gasteiger partial charge in [0, 0.05) is 32.1 Å². The Balaban J connectivity index is 1.17. The first-order valence-electron chi connectivity index (χ1n) is 17.3. The molecule has 20 heteroatoms. The number of benzene rings is 1. The molecule has 3 aliphatic rings. The zero-order chi connectivity index (χ0) is 39.2. The maximum atomic E-state index is 14.2. The minimum absolute atomic E-state index is 0.0184. The number of rotatable bonds is 8. The summed E-state index contributed by atoms with van der Waals surface area (Å²) in [5, 5.41) is 17.6. The number of hydrogen-bond donors (Lipinski definition) is 2. The van der Waals surface area contributed by atoms with Crippen LogP contribution in [0.4, 0.5) is 33.3 Å². The number of ether oxygens (including phenoxy) is 1. The van der Waals surface area contributed by atoms with Gasteiger partial charge in [0.1, 0.15) is 18.6 Å². The first-order chi connectivity index (χ1) is 26.2. The monoisotopic (exact) mass is 789 g/mol. The van der Waals surface area contributed by atoms with E-state index in [1.165, 1.54) is 9.47 Å². The number of carbonyl (C=O) groups is 2. The summed E-state index contributed by atoms with van der Waals surface area (Å²) in [6.45, 7) is 2.63. The van der Waals surface area contributed by atoms with E-state index in [0.29, 0.717) is 31.4 Å². The fourth-order valence-corrected chi connectivity index (χ4v) is 7.16. The molecule has 2 N–H and O–H groups in total. The molecule has 1 saturated carbocycles. The van der Waals surface area contributed by atoms with Crippen LogP contribution in [-0.2, 0) is 28.7 Å². The van der Waals surface area contributed by atoms with Crippen LogP contribution in [-0.4, -0.2) is 90.3 Å². The normalized spacial score (nSPS) is 17.6. The lowest BCUT2D eigenvalue weighted by Gasteiger charge is -2.37. The third kappa shape index (κ3) is 7.37. The summed E-state index contributed by atoms with van der Waals surface area (Å²) in [4.78, 5) is 57.2. The fraction of sp³-hybridized carbons (Fsp3) is 0.400. The Morgan fingerprint density at radius 2 is 1.85 bits per heavy atom. The number of amides is 2. The number of nitrogens with zero attached hydrogens (tertiary/aromatic N) is 8. The first-order valence-corrected chi connectivity index (χ1v) is 17.7. The molecule has 0 atom stereocenters. The number of piperazine rings is 1. The fourth-order valence-electron chi connectivity index (χ4n) is 6.93. The average molecular weight is 790 g/mol. The van der Waals surface area contributed by atoms with Gasteiger partial charge in [0.05, 0.1) is 40.9 Å². The number of fused-ring (bicyclic) bond motifs is 1. The maximum Gasteiger partial charge on any atom is 0.416 e. The summed E-state index contributed by atoms with van der Waals surface area (Å²) in [6.07, 6.45) is -2.72. The van der Waals surface area contributed by atoms with E-state index in [1.54, 1.807) is 17.9 Å². The van der Waals surface area contributed by atoms with Crippen LogP contribution in [0.1, 0.15) is 65.4 Å². The second-order valence-corrected chi connectivity index (χ2v) is 13.6. The van der Waals surface area contributed by atoms with E-state index in [0.717, 1.165) is 28.5 Å². The lowest BCUT2D eigenvalue weighted by molar-refractivity contribution is -0.137. The average Bonchev–Trinajstić information content (AvgIpc) is 3.59. The molecule has 0 radical (unpaired) electrons. The van der Waals surface area contributed by atoms with Crippen molar-refractivity contribution < 1.29 is 41.4 Å². The Bertz CT molecular complexity index is 2310.